The largest absolute Gasteiger partial charge is 0.295 e. The highest BCUT2D eigenvalue weighted by atomic mass is 16.1. The summed E-state index contributed by atoms with van der Waals surface area (Å²) >= 11 is 0. The predicted octanol–water partition coefficient (Wildman–Crippen LogP) is 2.62. The maximum atomic E-state index is 11.5. The molecule has 0 heterocycles. The van der Waals surface area contributed by atoms with Gasteiger partial charge < -0.3 is 0 Å². The Morgan fingerprint density at radius 3 is 2.50 bits per heavy atom. The van der Waals surface area contributed by atoms with Crippen LogP contribution in [0.5, 0.6) is 0 Å². The normalized spacial score (nSPS) is 13.1. The molecule has 0 amide bonds. The molecule has 0 N–H and O–H groups in total. The maximum absolute atomic E-state index is 11.5. The van der Waals surface area contributed by atoms with Crippen LogP contribution in [0, 0.1) is 0 Å². The zero-order valence-electron chi connectivity index (χ0n) is 9.89. The number of allylic oxidation sites excluding steroid dienone is 4. The molecule has 1 nitrogen and oxygen atoms in total. The second kappa shape index (κ2) is 7.60. The molecule has 0 spiro atoms. The van der Waals surface area contributed by atoms with Gasteiger partial charge in [0.05, 0.1) is 0 Å². The number of ketones is 1. The highest BCUT2D eigenvalue weighted by molar-refractivity contribution is 6.24. The van der Waals surface area contributed by atoms with Crippen molar-refractivity contribution in [3.05, 3.63) is 23.2 Å². The number of rotatable bonds is 6. The van der Waals surface area contributed by atoms with Crippen molar-refractivity contribution in [1.82, 2.24) is 0 Å². The number of Topliss-reactive ketones (excluding diaryl/α,β-unsaturated/α-hetero) is 1. The monoisotopic (exact) mass is 192 g/mol. The number of hydrogen-bond donors (Lipinski definition) is 0. The lowest BCUT2D eigenvalue weighted by Crippen LogP contribution is -1.99. The molecule has 14 heavy (non-hydrogen) atoms. The van der Waals surface area contributed by atoms with E-state index < -0.39 is 0 Å². The third kappa shape index (κ3) is 5.79. The minimum absolute atomic E-state index is 0.288. The van der Waals surface area contributed by atoms with E-state index in [1.165, 1.54) is 5.47 Å². The first-order valence-corrected chi connectivity index (χ1v) is 5.50. The van der Waals surface area contributed by atoms with Gasteiger partial charge in [0, 0.05) is 6.42 Å². The lowest BCUT2D eigenvalue weighted by atomic mass is 9.91. The van der Waals surface area contributed by atoms with Crippen LogP contribution < -0.4 is 0 Å². The Kier molecular flexibility index (Phi) is 7.18. The third-order valence-electron chi connectivity index (χ3n) is 2.17. The summed E-state index contributed by atoms with van der Waals surface area (Å²) in [6.45, 7) is 6.12. The highest BCUT2D eigenvalue weighted by Gasteiger charge is 2.02. The van der Waals surface area contributed by atoms with Crippen LogP contribution >= 0.6 is 0 Å². The number of carbonyl (C=O) groups excluding carboxylic acids is 1. The molecule has 0 aliphatic heterocycles. The Morgan fingerprint density at radius 2 is 2.00 bits per heavy atom. The van der Waals surface area contributed by atoms with Crippen molar-refractivity contribution in [2.75, 3.05) is 0 Å². The average Bonchev–Trinajstić information content (AvgIpc) is 2.14. The Bertz CT molecular complexity index is 239. The fourth-order valence-electron chi connectivity index (χ4n) is 1.34. The topological polar surface area (TPSA) is 17.1 Å². The van der Waals surface area contributed by atoms with Crippen LogP contribution in [-0.2, 0) is 4.79 Å². The van der Waals surface area contributed by atoms with Crippen molar-refractivity contribution in [3.63, 3.8) is 0 Å². The van der Waals surface area contributed by atoms with Gasteiger partial charge in [-0.1, -0.05) is 37.9 Å². The van der Waals surface area contributed by atoms with Gasteiger partial charge in [0.2, 0.25) is 0 Å². The van der Waals surface area contributed by atoms with Crippen LogP contribution in [0.2, 0.25) is 0 Å². The van der Waals surface area contributed by atoms with E-state index in [1.807, 2.05) is 20.8 Å². The van der Waals surface area contributed by atoms with E-state index >= 15 is 0 Å². The zero-order valence-corrected chi connectivity index (χ0v) is 9.89. The minimum atomic E-state index is 0.288. The summed E-state index contributed by atoms with van der Waals surface area (Å²) in [6.07, 6.45) is 7.93. The van der Waals surface area contributed by atoms with Gasteiger partial charge >= 0.3 is 0 Å². The van der Waals surface area contributed by atoms with Gasteiger partial charge in [-0.2, -0.15) is 0 Å². The van der Waals surface area contributed by atoms with Gasteiger partial charge in [-0.3, -0.25) is 4.79 Å². The molecule has 0 rings (SSSR count). The summed E-state index contributed by atoms with van der Waals surface area (Å²) in [6, 6.07) is 0. The van der Waals surface area contributed by atoms with Crippen LogP contribution in [0.4, 0.5) is 0 Å². The quantitative estimate of drug-likeness (QED) is 0.359. The second-order valence-corrected chi connectivity index (χ2v) is 3.71. The molecular formula is C12H21BO. The molecule has 2 heteroatoms. The lowest BCUT2D eigenvalue weighted by molar-refractivity contribution is -0.115. The van der Waals surface area contributed by atoms with Crippen molar-refractivity contribution in [2.24, 2.45) is 0 Å². The van der Waals surface area contributed by atoms with Crippen molar-refractivity contribution in [1.29, 1.82) is 0 Å². The van der Waals surface area contributed by atoms with E-state index in [0.717, 1.165) is 24.8 Å². The van der Waals surface area contributed by atoms with Crippen molar-refractivity contribution in [2.45, 2.75) is 46.5 Å². The molecule has 78 valence electrons. The molecule has 0 aromatic heterocycles. The molecule has 0 aliphatic rings. The number of hydrogen-bond acceptors (Lipinski definition) is 1. The van der Waals surface area contributed by atoms with Gasteiger partial charge in [0.1, 0.15) is 7.85 Å². The maximum Gasteiger partial charge on any atom is 0.158 e. The van der Waals surface area contributed by atoms with Crippen LogP contribution in [0.3, 0.4) is 0 Å². The van der Waals surface area contributed by atoms with Crippen molar-refractivity contribution >= 4 is 13.6 Å². The lowest BCUT2D eigenvalue weighted by Gasteiger charge is -2.00. The standard InChI is InChI=1S/C12H21BO/c1-4-6-8-12(14)10(3)9-11(13)7-5-2/h7,9H,4-6,8,13H2,1-3H3/b10-9+,11-7+. The van der Waals surface area contributed by atoms with E-state index in [0.29, 0.717) is 6.42 Å². The molecule has 0 saturated carbocycles. The third-order valence-corrected chi connectivity index (χ3v) is 2.17. The summed E-state index contributed by atoms with van der Waals surface area (Å²) in [4.78, 5) is 11.5. The van der Waals surface area contributed by atoms with Gasteiger partial charge in [0.15, 0.2) is 5.78 Å². The van der Waals surface area contributed by atoms with E-state index in [-0.39, 0.29) is 5.78 Å². The summed E-state index contributed by atoms with van der Waals surface area (Å²) in [5.74, 6) is 0.288. The number of unbranched alkanes of at least 4 members (excludes halogenated alkanes) is 1. The van der Waals surface area contributed by atoms with E-state index in [2.05, 4.69) is 19.9 Å². The van der Waals surface area contributed by atoms with Crippen LogP contribution in [0.25, 0.3) is 0 Å². The molecule has 0 radical (unpaired) electrons. The first-order chi connectivity index (χ1) is 6.61. The van der Waals surface area contributed by atoms with Crippen LogP contribution in [-0.4, -0.2) is 13.6 Å². The average molecular weight is 192 g/mol. The number of carbonyl (C=O) groups is 1. The van der Waals surface area contributed by atoms with Crippen molar-refractivity contribution < 1.29 is 4.79 Å². The van der Waals surface area contributed by atoms with E-state index in [9.17, 15) is 4.79 Å². The SMILES string of the molecule is BC(=C/CC)/C=C(\C)C(=O)CCCC. The van der Waals surface area contributed by atoms with E-state index in [4.69, 9.17) is 0 Å². The van der Waals surface area contributed by atoms with Crippen LogP contribution in [0.1, 0.15) is 46.5 Å². The second-order valence-electron chi connectivity index (χ2n) is 3.71. The molecule has 0 unspecified atom stereocenters. The Morgan fingerprint density at radius 1 is 1.36 bits per heavy atom. The van der Waals surface area contributed by atoms with Gasteiger partial charge in [-0.25, -0.2) is 0 Å². The summed E-state index contributed by atoms with van der Waals surface area (Å²) in [5, 5.41) is 0. The minimum Gasteiger partial charge on any atom is -0.295 e. The van der Waals surface area contributed by atoms with Crippen LogP contribution in [0.15, 0.2) is 23.2 Å². The van der Waals surface area contributed by atoms with Gasteiger partial charge in [0.25, 0.3) is 0 Å². The molecule has 0 aliphatic carbocycles. The Hall–Kier alpha value is -0.785. The molecule has 0 saturated heterocycles. The molecule has 0 fully saturated rings. The molecule has 0 aromatic rings. The fraction of sp³-hybridized carbons (Fsp3) is 0.583. The first-order valence-electron chi connectivity index (χ1n) is 5.50. The summed E-state index contributed by atoms with van der Waals surface area (Å²) in [7, 11) is 2.04. The Balaban J connectivity index is 4.22. The van der Waals surface area contributed by atoms with Gasteiger partial charge in [-0.05, 0) is 25.3 Å². The molecule has 0 bridgehead atoms. The predicted molar refractivity (Wildman–Crippen MR) is 65.2 cm³/mol. The zero-order chi connectivity index (χ0) is 11.0. The molecule has 0 atom stereocenters. The van der Waals surface area contributed by atoms with Crippen molar-refractivity contribution in [3.8, 4) is 0 Å². The summed E-state index contributed by atoms with van der Waals surface area (Å²) in [5.41, 5.74) is 2.08. The first kappa shape index (κ1) is 13.2. The van der Waals surface area contributed by atoms with E-state index in [1.54, 1.807) is 0 Å². The highest BCUT2D eigenvalue weighted by Crippen LogP contribution is 2.06. The summed E-state index contributed by atoms with van der Waals surface area (Å²) < 4.78 is 0. The fourth-order valence-corrected chi connectivity index (χ4v) is 1.34. The molecule has 0 aromatic carbocycles. The smallest absolute Gasteiger partial charge is 0.158 e. The van der Waals surface area contributed by atoms with Gasteiger partial charge in [-0.15, -0.1) is 0 Å². The Labute approximate surface area is 88.7 Å². The molecular weight excluding hydrogens is 171 g/mol.